The summed E-state index contributed by atoms with van der Waals surface area (Å²) in [7, 11) is 1.78. The van der Waals surface area contributed by atoms with Gasteiger partial charge in [-0.05, 0) is 43.4 Å². The monoisotopic (exact) mass is 368 g/mol. The van der Waals surface area contributed by atoms with Gasteiger partial charge in [0.25, 0.3) is 11.5 Å². The Labute approximate surface area is 160 Å². The van der Waals surface area contributed by atoms with Gasteiger partial charge in [-0.15, -0.1) is 0 Å². The molecule has 0 bridgehead atoms. The molecule has 0 saturated carbocycles. The molecule has 0 aliphatic carbocycles. The number of hydrogen-bond donors (Lipinski definition) is 0. The molecule has 1 aliphatic rings. The molecule has 0 unspecified atom stereocenters. The average Bonchev–Trinajstić information content (AvgIpc) is 2.70. The molecular formula is C21H28N4O2. The van der Waals surface area contributed by atoms with Gasteiger partial charge in [-0.2, -0.15) is 5.10 Å². The number of anilines is 1. The van der Waals surface area contributed by atoms with Crippen LogP contribution in [-0.2, 0) is 13.1 Å². The van der Waals surface area contributed by atoms with Gasteiger partial charge in [0.15, 0.2) is 0 Å². The van der Waals surface area contributed by atoms with Crippen molar-refractivity contribution in [3.05, 3.63) is 58.0 Å². The number of carbonyl (C=O) groups excluding carboxylic acids is 1. The lowest BCUT2D eigenvalue weighted by molar-refractivity contribution is 0.0776. The van der Waals surface area contributed by atoms with E-state index >= 15 is 0 Å². The summed E-state index contributed by atoms with van der Waals surface area (Å²) in [5.74, 6) is -0.173. The Morgan fingerprint density at radius 1 is 1.11 bits per heavy atom. The third-order valence-electron chi connectivity index (χ3n) is 4.96. The number of hydrogen-bond acceptors (Lipinski definition) is 4. The highest BCUT2D eigenvalue weighted by atomic mass is 16.2. The van der Waals surface area contributed by atoms with Crippen LogP contribution in [0.2, 0.25) is 0 Å². The Kier molecular flexibility index (Phi) is 6.27. The minimum absolute atomic E-state index is 0.173. The average molecular weight is 368 g/mol. The minimum Gasteiger partial charge on any atom is -0.371 e. The number of para-hydroxylation sites is 1. The second-order valence-corrected chi connectivity index (χ2v) is 7.12. The highest BCUT2D eigenvalue weighted by molar-refractivity contribution is 5.91. The fraction of sp³-hybridized carbons (Fsp3) is 0.476. The fourth-order valence-electron chi connectivity index (χ4n) is 3.55. The highest BCUT2D eigenvalue weighted by Crippen LogP contribution is 2.25. The fourth-order valence-corrected chi connectivity index (χ4v) is 3.55. The van der Waals surface area contributed by atoms with Crippen LogP contribution < -0.4 is 10.5 Å². The molecule has 6 nitrogen and oxygen atoms in total. The third kappa shape index (κ3) is 4.56. The maximum Gasteiger partial charge on any atom is 0.274 e. The summed E-state index contributed by atoms with van der Waals surface area (Å²) >= 11 is 0. The third-order valence-corrected chi connectivity index (χ3v) is 4.96. The van der Waals surface area contributed by atoms with Crippen LogP contribution >= 0.6 is 0 Å². The van der Waals surface area contributed by atoms with Crippen molar-refractivity contribution < 1.29 is 4.79 Å². The van der Waals surface area contributed by atoms with Crippen LogP contribution in [0.3, 0.4) is 0 Å². The van der Waals surface area contributed by atoms with Crippen LogP contribution in [0.1, 0.15) is 48.7 Å². The number of benzene rings is 1. The van der Waals surface area contributed by atoms with E-state index in [9.17, 15) is 9.59 Å². The van der Waals surface area contributed by atoms with Crippen molar-refractivity contribution in [2.24, 2.45) is 0 Å². The van der Waals surface area contributed by atoms with Gasteiger partial charge in [-0.3, -0.25) is 9.59 Å². The molecule has 1 amide bonds. The van der Waals surface area contributed by atoms with Gasteiger partial charge in [-0.1, -0.05) is 25.1 Å². The Bertz CT molecular complexity index is 840. The molecule has 27 heavy (non-hydrogen) atoms. The van der Waals surface area contributed by atoms with Crippen LogP contribution in [0, 0.1) is 0 Å². The summed E-state index contributed by atoms with van der Waals surface area (Å²) in [5, 5.41) is 4.24. The molecule has 0 atom stereocenters. The molecule has 2 heterocycles. The van der Waals surface area contributed by atoms with Crippen molar-refractivity contribution in [3.8, 4) is 0 Å². The van der Waals surface area contributed by atoms with Gasteiger partial charge in [0.05, 0.1) is 0 Å². The second-order valence-electron chi connectivity index (χ2n) is 7.12. The van der Waals surface area contributed by atoms with E-state index < -0.39 is 0 Å². The van der Waals surface area contributed by atoms with Crippen molar-refractivity contribution >= 4 is 11.6 Å². The maximum atomic E-state index is 12.8. The summed E-state index contributed by atoms with van der Waals surface area (Å²) < 4.78 is 1.36. The molecule has 144 valence electrons. The molecular weight excluding hydrogens is 340 g/mol. The standard InChI is InChI=1S/C21H28N4O2/c1-3-13-25-20(26)12-11-18(22-25)21(27)23(2)16-17-9-5-6-10-19(17)24-14-7-4-8-15-24/h5-6,9-12H,3-4,7-8,13-16H2,1-2H3. The van der Waals surface area contributed by atoms with Gasteiger partial charge in [0.1, 0.15) is 5.69 Å². The number of nitrogens with zero attached hydrogens (tertiary/aromatic N) is 4. The lowest BCUT2D eigenvalue weighted by atomic mass is 10.1. The molecule has 1 aromatic carbocycles. The van der Waals surface area contributed by atoms with Crippen molar-refractivity contribution in [2.45, 2.75) is 45.7 Å². The first kappa shape index (κ1) is 19.1. The molecule has 2 aromatic rings. The summed E-state index contributed by atoms with van der Waals surface area (Å²) in [6, 6.07) is 11.2. The van der Waals surface area contributed by atoms with Gasteiger partial charge < -0.3 is 9.80 Å². The number of rotatable bonds is 6. The first-order valence-corrected chi connectivity index (χ1v) is 9.76. The number of aromatic nitrogens is 2. The van der Waals surface area contributed by atoms with Crippen LogP contribution in [0.4, 0.5) is 5.69 Å². The molecule has 1 aliphatic heterocycles. The Morgan fingerprint density at radius 2 is 1.85 bits per heavy atom. The second kappa shape index (κ2) is 8.84. The molecule has 6 heteroatoms. The quantitative estimate of drug-likeness (QED) is 0.787. The normalized spacial score (nSPS) is 14.2. The highest BCUT2D eigenvalue weighted by Gasteiger charge is 2.19. The van der Waals surface area contributed by atoms with Crippen molar-refractivity contribution in [3.63, 3.8) is 0 Å². The van der Waals surface area contributed by atoms with E-state index in [1.807, 2.05) is 13.0 Å². The zero-order valence-corrected chi connectivity index (χ0v) is 16.2. The summed E-state index contributed by atoms with van der Waals surface area (Å²) in [6.07, 6.45) is 4.51. The lowest BCUT2D eigenvalue weighted by Gasteiger charge is -2.31. The number of carbonyl (C=O) groups is 1. The Balaban J connectivity index is 1.77. The van der Waals surface area contributed by atoms with E-state index in [4.69, 9.17) is 0 Å². The number of amides is 1. The SMILES string of the molecule is CCCn1nc(C(=O)N(C)Cc2ccccc2N2CCCCC2)ccc1=O. The summed E-state index contributed by atoms with van der Waals surface area (Å²) in [4.78, 5) is 28.8. The Morgan fingerprint density at radius 3 is 2.59 bits per heavy atom. The van der Waals surface area contributed by atoms with Crippen LogP contribution in [0.25, 0.3) is 0 Å². The zero-order valence-electron chi connectivity index (χ0n) is 16.2. The van der Waals surface area contributed by atoms with Gasteiger partial charge in [0, 0.05) is 45.0 Å². The number of piperidine rings is 1. The Hall–Kier alpha value is -2.63. The van der Waals surface area contributed by atoms with Gasteiger partial charge in [-0.25, -0.2) is 4.68 Å². The van der Waals surface area contributed by atoms with Crippen LogP contribution in [-0.4, -0.2) is 40.7 Å². The zero-order chi connectivity index (χ0) is 19.2. The van der Waals surface area contributed by atoms with Crippen molar-refractivity contribution in [2.75, 3.05) is 25.0 Å². The largest absolute Gasteiger partial charge is 0.371 e. The van der Waals surface area contributed by atoms with E-state index in [0.29, 0.717) is 18.8 Å². The van der Waals surface area contributed by atoms with E-state index in [0.717, 1.165) is 25.1 Å². The molecule has 1 saturated heterocycles. The van der Waals surface area contributed by atoms with Crippen molar-refractivity contribution in [1.29, 1.82) is 0 Å². The van der Waals surface area contributed by atoms with E-state index in [-0.39, 0.29) is 11.5 Å². The maximum absolute atomic E-state index is 12.8. The molecule has 0 N–H and O–H groups in total. The smallest absolute Gasteiger partial charge is 0.274 e. The lowest BCUT2D eigenvalue weighted by Crippen LogP contribution is -2.33. The first-order valence-electron chi connectivity index (χ1n) is 9.76. The summed E-state index contributed by atoms with van der Waals surface area (Å²) in [6.45, 7) is 5.14. The topological polar surface area (TPSA) is 58.4 Å². The first-order chi connectivity index (χ1) is 13.1. The minimum atomic E-state index is -0.175. The molecule has 0 radical (unpaired) electrons. The van der Waals surface area contributed by atoms with E-state index in [1.165, 1.54) is 41.8 Å². The van der Waals surface area contributed by atoms with Crippen LogP contribution in [0.5, 0.6) is 0 Å². The molecule has 0 spiro atoms. The summed E-state index contributed by atoms with van der Waals surface area (Å²) in [5.41, 5.74) is 2.48. The molecule has 1 aromatic heterocycles. The van der Waals surface area contributed by atoms with Gasteiger partial charge in [0.2, 0.25) is 0 Å². The van der Waals surface area contributed by atoms with Crippen molar-refractivity contribution in [1.82, 2.24) is 14.7 Å². The predicted molar refractivity (Wildman–Crippen MR) is 107 cm³/mol. The van der Waals surface area contributed by atoms with E-state index in [2.05, 4.69) is 28.2 Å². The van der Waals surface area contributed by atoms with E-state index in [1.54, 1.807) is 11.9 Å². The van der Waals surface area contributed by atoms with Gasteiger partial charge >= 0.3 is 0 Å². The molecule has 1 fully saturated rings. The van der Waals surface area contributed by atoms with Crippen LogP contribution in [0.15, 0.2) is 41.2 Å². The number of aryl methyl sites for hydroxylation is 1. The molecule has 3 rings (SSSR count). The predicted octanol–water partition coefficient (Wildman–Crippen LogP) is 2.92.